The summed E-state index contributed by atoms with van der Waals surface area (Å²) >= 11 is 0. The second-order valence-electron chi connectivity index (χ2n) is 1.41. The molecule has 0 aromatic heterocycles. The summed E-state index contributed by atoms with van der Waals surface area (Å²) in [7, 11) is 3.45. The number of hydrogen-bond donors (Lipinski definition) is 0. The third kappa shape index (κ3) is 4.40. The van der Waals surface area contributed by atoms with Crippen LogP contribution in [0.1, 0.15) is 0 Å². The molecule has 0 N–H and O–H groups in total. The lowest BCUT2D eigenvalue weighted by atomic mass is 11.3. The molecule has 0 spiro atoms. The van der Waals surface area contributed by atoms with Crippen LogP contribution in [0.5, 0.6) is 0 Å². The summed E-state index contributed by atoms with van der Waals surface area (Å²) < 4.78 is 9.69. The molecule has 0 amide bonds. The molecule has 0 unspecified atom stereocenters. The predicted molar refractivity (Wildman–Crippen MR) is 36.5 cm³/mol. The summed E-state index contributed by atoms with van der Waals surface area (Å²) in [5, 5.41) is 0. The Bertz CT molecular complexity index is 120. The number of isocyanates is 1. The molecule has 4 nitrogen and oxygen atoms in total. The van der Waals surface area contributed by atoms with Gasteiger partial charge in [0.1, 0.15) is 15.4 Å². The zero-order chi connectivity index (χ0) is 7.82. The fourth-order valence-electron chi connectivity index (χ4n) is 0.415. The summed E-state index contributed by atoms with van der Waals surface area (Å²) in [6.45, 7) is 0. The summed E-state index contributed by atoms with van der Waals surface area (Å²) in [6.07, 6.45) is 1.87. The van der Waals surface area contributed by atoms with Crippen LogP contribution < -0.4 is 0 Å². The molecule has 0 aliphatic rings. The van der Waals surface area contributed by atoms with Gasteiger partial charge in [0.15, 0.2) is 0 Å². The SMILES string of the molecule is COC(OC)[Si]CN=C=O. The lowest BCUT2D eigenvalue weighted by Crippen LogP contribution is -2.23. The van der Waals surface area contributed by atoms with E-state index >= 15 is 0 Å². The highest BCUT2D eigenvalue weighted by Gasteiger charge is 2.03. The molecule has 0 saturated carbocycles. The standard InChI is InChI=1S/C5H9NO3Si/c1-8-5(9-2)10-4-6-3-7/h5H,4H2,1-2H3. The number of rotatable bonds is 5. The van der Waals surface area contributed by atoms with Crippen molar-refractivity contribution in [2.24, 2.45) is 4.99 Å². The molecule has 0 atom stereocenters. The normalized spacial score (nSPS) is 9.50. The van der Waals surface area contributed by atoms with Gasteiger partial charge in [-0.3, -0.25) is 0 Å². The Balaban J connectivity index is 3.34. The second-order valence-corrected chi connectivity index (χ2v) is 2.61. The van der Waals surface area contributed by atoms with Crippen LogP contribution in [0.15, 0.2) is 4.99 Å². The van der Waals surface area contributed by atoms with E-state index in [1.54, 1.807) is 14.2 Å². The summed E-state index contributed by atoms with van der Waals surface area (Å²) in [5.74, 6) is -0.239. The summed E-state index contributed by atoms with van der Waals surface area (Å²) in [5.41, 5.74) is 0. The Labute approximate surface area is 62.1 Å². The first-order chi connectivity index (χ1) is 4.85. The third-order valence-electron chi connectivity index (χ3n) is 0.830. The maximum absolute atomic E-state index is 9.59. The first-order valence-corrected chi connectivity index (χ1v) is 3.96. The zero-order valence-electron chi connectivity index (χ0n) is 5.96. The van der Waals surface area contributed by atoms with Gasteiger partial charge in [-0.05, 0) is 0 Å². The monoisotopic (exact) mass is 159 g/mol. The van der Waals surface area contributed by atoms with Gasteiger partial charge in [-0.2, -0.15) is 0 Å². The molecular weight excluding hydrogens is 150 g/mol. The van der Waals surface area contributed by atoms with Crippen molar-refractivity contribution in [2.75, 3.05) is 20.4 Å². The highest BCUT2D eigenvalue weighted by Crippen LogP contribution is 1.86. The fraction of sp³-hybridized carbons (Fsp3) is 0.800. The van der Waals surface area contributed by atoms with Crippen LogP contribution in [-0.4, -0.2) is 41.9 Å². The van der Waals surface area contributed by atoms with Gasteiger partial charge < -0.3 is 9.47 Å². The minimum Gasteiger partial charge on any atom is -0.360 e. The molecule has 2 radical (unpaired) electrons. The number of hydrogen-bond acceptors (Lipinski definition) is 4. The summed E-state index contributed by atoms with van der Waals surface area (Å²) in [6, 6.07) is 0. The molecule has 0 bridgehead atoms. The quantitative estimate of drug-likeness (QED) is 0.236. The number of nitrogens with zero attached hydrogens (tertiary/aromatic N) is 1. The van der Waals surface area contributed by atoms with E-state index < -0.39 is 0 Å². The van der Waals surface area contributed by atoms with Gasteiger partial charge in [0.05, 0.1) is 0 Å². The Kier molecular flexibility index (Phi) is 6.31. The van der Waals surface area contributed by atoms with E-state index in [9.17, 15) is 4.79 Å². The van der Waals surface area contributed by atoms with Gasteiger partial charge in [0.2, 0.25) is 6.08 Å². The molecule has 0 saturated heterocycles. The molecule has 0 heterocycles. The van der Waals surface area contributed by atoms with Gasteiger partial charge in [-0.1, -0.05) is 0 Å². The van der Waals surface area contributed by atoms with Crippen LogP contribution in [-0.2, 0) is 14.3 Å². The smallest absolute Gasteiger partial charge is 0.234 e. The molecule has 0 aromatic carbocycles. The van der Waals surface area contributed by atoms with Crippen molar-refractivity contribution in [3.05, 3.63) is 0 Å². The maximum atomic E-state index is 9.59. The van der Waals surface area contributed by atoms with Crippen molar-refractivity contribution >= 4 is 15.6 Å². The van der Waals surface area contributed by atoms with Crippen molar-refractivity contribution < 1.29 is 14.3 Å². The average Bonchev–Trinajstić information content (AvgIpc) is 1.99. The largest absolute Gasteiger partial charge is 0.360 e. The van der Waals surface area contributed by atoms with Crippen LogP contribution in [0.4, 0.5) is 0 Å². The zero-order valence-corrected chi connectivity index (χ0v) is 6.96. The van der Waals surface area contributed by atoms with Crippen LogP contribution >= 0.6 is 0 Å². The van der Waals surface area contributed by atoms with Gasteiger partial charge in [-0.25, -0.2) is 9.79 Å². The fourth-order valence-corrected chi connectivity index (χ4v) is 1.05. The third-order valence-corrected chi connectivity index (χ3v) is 1.98. The van der Waals surface area contributed by atoms with Crippen LogP contribution in [0.2, 0.25) is 0 Å². The molecule has 0 fully saturated rings. The Morgan fingerprint density at radius 3 is 2.60 bits per heavy atom. The van der Waals surface area contributed by atoms with Crippen molar-refractivity contribution in [1.29, 1.82) is 0 Å². The topological polar surface area (TPSA) is 47.9 Å². The minimum absolute atomic E-state index is 0.239. The molecule has 56 valence electrons. The van der Waals surface area contributed by atoms with E-state index in [2.05, 4.69) is 4.99 Å². The highest BCUT2D eigenvalue weighted by molar-refractivity contribution is 6.36. The van der Waals surface area contributed by atoms with E-state index in [4.69, 9.17) is 9.47 Å². The van der Waals surface area contributed by atoms with Gasteiger partial charge in [0, 0.05) is 20.4 Å². The number of carbonyl (C=O) groups excluding carboxylic acids is 1. The molecule has 5 heteroatoms. The Morgan fingerprint density at radius 2 is 2.20 bits per heavy atom. The van der Waals surface area contributed by atoms with Crippen LogP contribution in [0, 0.1) is 0 Å². The second kappa shape index (κ2) is 6.63. The van der Waals surface area contributed by atoms with Crippen molar-refractivity contribution in [1.82, 2.24) is 0 Å². The molecule has 0 rings (SSSR count). The molecule has 10 heavy (non-hydrogen) atoms. The van der Waals surface area contributed by atoms with Gasteiger partial charge in [0.25, 0.3) is 0 Å². The Hall–Kier alpha value is -0.483. The number of ether oxygens (including phenoxy) is 2. The van der Waals surface area contributed by atoms with Gasteiger partial charge in [-0.15, -0.1) is 0 Å². The average molecular weight is 159 g/mol. The van der Waals surface area contributed by atoms with Crippen molar-refractivity contribution in [3.63, 3.8) is 0 Å². The van der Waals surface area contributed by atoms with E-state index in [1.807, 2.05) is 0 Å². The van der Waals surface area contributed by atoms with E-state index in [0.29, 0.717) is 15.7 Å². The van der Waals surface area contributed by atoms with E-state index in [-0.39, 0.29) is 5.91 Å². The first-order valence-electron chi connectivity index (χ1n) is 2.67. The van der Waals surface area contributed by atoms with Crippen molar-refractivity contribution in [3.8, 4) is 0 Å². The first kappa shape index (κ1) is 9.52. The van der Waals surface area contributed by atoms with Crippen LogP contribution in [0.25, 0.3) is 0 Å². The summed E-state index contributed by atoms with van der Waals surface area (Å²) in [4.78, 5) is 12.9. The van der Waals surface area contributed by atoms with Gasteiger partial charge >= 0.3 is 0 Å². The minimum atomic E-state index is -0.239. The Morgan fingerprint density at radius 1 is 1.60 bits per heavy atom. The molecule has 0 aromatic rings. The number of aliphatic imine (C=N–C) groups is 1. The molecule has 0 aliphatic heterocycles. The lowest BCUT2D eigenvalue weighted by molar-refractivity contribution is -0.0439. The lowest BCUT2D eigenvalue weighted by Gasteiger charge is -2.09. The van der Waals surface area contributed by atoms with E-state index in [0.717, 1.165) is 0 Å². The van der Waals surface area contributed by atoms with E-state index in [1.165, 1.54) is 6.08 Å². The highest BCUT2D eigenvalue weighted by atomic mass is 28.2. The molecule has 0 aliphatic carbocycles. The van der Waals surface area contributed by atoms with Crippen LogP contribution in [0.3, 0.4) is 0 Å². The molecular formula is C5H9NO3Si. The maximum Gasteiger partial charge on any atom is 0.234 e. The van der Waals surface area contributed by atoms with Crippen molar-refractivity contribution in [2.45, 2.75) is 5.91 Å². The number of methoxy groups -OCH3 is 2. The predicted octanol–water partition coefficient (Wildman–Crippen LogP) is -0.440.